The number of anilines is 2. The highest BCUT2D eigenvalue weighted by Crippen LogP contribution is 2.20. The number of carbonyl (C=O) groups is 1. The molecule has 5 nitrogen and oxygen atoms in total. The Balaban J connectivity index is 1.60. The molecule has 1 aliphatic rings. The van der Waals surface area contributed by atoms with Crippen molar-refractivity contribution < 1.29 is 4.79 Å². The molecule has 1 N–H and O–H groups in total. The first kappa shape index (κ1) is 16.8. The molecule has 0 aromatic heterocycles. The number of nitrogens with zero attached hydrogens (tertiary/aromatic N) is 3. The van der Waals surface area contributed by atoms with E-state index in [-0.39, 0.29) is 6.03 Å². The normalized spacial score (nSPS) is 14.1. The number of nitriles is 1. The van der Waals surface area contributed by atoms with Gasteiger partial charge >= 0.3 is 6.03 Å². The van der Waals surface area contributed by atoms with Gasteiger partial charge in [-0.3, -0.25) is 0 Å². The molecule has 0 aliphatic carbocycles. The second-order valence-electron chi connectivity index (χ2n) is 6.44. The Morgan fingerprint density at radius 1 is 1.04 bits per heavy atom. The Morgan fingerprint density at radius 3 is 2.36 bits per heavy atom. The number of hydrogen-bond acceptors (Lipinski definition) is 3. The summed E-state index contributed by atoms with van der Waals surface area (Å²) in [5, 5.41) is 11.8. The highest BCUT2D eigenvalue weighted by Gasteiger charge is 2.21. The van der Waals surface area contributed by atoms with E-state index in [4.69, 9.17) is 5.26 Å². The van der Waals surface area contributed by atoms with Gasteiger partial charge in [-0.2, -0.15) is 5.26 Å². The number of aryl methyl sites for hydroxylation is 2. The van der Waals surface area contributed by atoms with E-state index < -0.39 is 0 Å². The smallest absolute Gasteiger partial charge is 0.321 e. The summed E-state index contributed by atoms with van der Waals surface area (Å²) in [5.74, 6) is 0. The van der Waals surface area contributed by atoms with Gasteiger partial charge in [0.2, 0.25) is 0 Å². The van der Waals surface area contributed by atoms with Gasteiger partial charge in [-0.15, -0.1) is 0 Å². The maximum Gasteiger partial charge on any atom is 0.321 e. The first-order valence-corrected chi connectivity index (χ1v) is 8.44. The highest BCUT2D eigenvalue weighted by atomic mass is 16.2. The maximum absolute atomic E-state index is 12.4. The lowest BCUT2D eigenvalue weighted by Crippen LogP contribution is -2.50. The summed E-state index contributed by atoms with van der Waals surface area (Å²) in [6, 6.07) is 15.5. The van der Waals surface area contributed by atoms with Gasteiger partial charge in [0.15, 0.2) is 0 Å². The summed E-state index contributed by atoms with van der Waals surface area (Å²) < 4.78 is 0. The highest BCUT2D eigenvalue weighted by molar-refractivity contribution is 5.89. The Hall–Kier alpha value is -3.00. The van der Waals surface area contributed by atoms with Crippen LogP contribution in [-0.2, 0) is 0 Å². The minimum absolute atomic E-state index is 0.116. The zero-order valence-corrected chi connectivity index (χ0v) is 14.6. The molecule has 3 rings (SSSR count). The number of benzene rings is 2. The first-order valence-electron chi connectivity index (χ1n) is 8.44. The van der Waals surface area contributed by atoms with E-state index in [1.54, 1.807) is 24.3 Å². The van der Waals surface area contributed by atoms with Crippen LogP contribution in [0.25, 0.3) is 0 Å². The molecule has 0 saturated carbocycles. The van der Waals surface area contributed by atoms with Gasteiger partial charge < -0.3 is 15.1 Å². The fraction of sp³-hybridized carbons (Fsp3) is 0.300. The quantitative estimate of drug-likeness (QED) is 0.914. The Morgan fingerprint density at radius 2 is 1.72 bits per heavy atom. The lowest BCUT2D eigenvalue weighted by molar-refractivity contribution is 0.208. The van der Waals surface area contributed by atoms with Crippen molar-refractivity contribution in [3.05, 3.63) is 59.2 Å². The summed E-state index contributed by atoms with van der Waals surface area (Å²) in [6.45, 7) is 7.20. The first-order chi connectivity index (χ1) is 12.0. The van der Waals surface area contributed by atoms with Crippen molar-refractivity contribution in [3.63, 3.8) is 0 Å². The minimum Gasteiger partial charge on any atom is -0.368 e. The predicted molar refractivity (Wildman–Crippen MR) is 99.9 cm³/mol. The van der Waals surface area contributed by atoms with Crippen LogP contribution >= 0.6 is 0 Å². The van der Waals surface area contributed by atoms with E-state index in [0.717, 1.165) is 13.1 Å². The van der Waals surface area contributed by atoms with Crippen molar-refractivity contribution in [2.24, 2.45) is 0 Å². The summed E-state index contributed by atoms with van der Waals surface area (Å²) in [5.41, 5.74) is 4.93. The lowest BCUT2D eigenvalue weighted by Gasteiger charge is -2.36. The molecule has 25 heavy (non-hydrogen) atoms. The van der Waals surface area contributed by atoms with Crippen LogP contribution in [0, 0.1) is 25.2 Å². The van der Waals surface area contributed by atoms with Gasteiger partial charge in [0.25, 0.3) is 0 Å². The number of piperazine rings is 1. The fourth-order valence-corrected chi connectivity index (χ4v) is 3.17. The number of hydrogen-bond donors (Lipinski definition) is 1. The zero-order valence-electron chi connectivity index (χ0n) is 14.6. The van der Waals surface area contributed by atoms with Crippen molar-refractivity contribution in [1.82, 2.24) is 4.90 Å². The van der Waals surface area contributed by atoms with E-state index in [9.17, 15) is 4.79 Å². The van der Waals surface area contributed by atoms with Crippen molar-refractivity contribution >= 4 is 17.4 Å². The third-order valence-electron chi connectivity index (χ3n) is 4.38. The van der Waals surface area contributed by atoms with Crippen molar-refractivity contribution in [2.75, 3.05) is 36.4 Å². The summed E-state index contributed by atoms with van der Waals surface area (Å²) in [4.78, 5) is 16.6. The van der Waals surface area contributed by atoms with Crippen molar-refractivity contribution in [3.8, 4) is 6.07 Å². The van der Waals surface area contributed by atoms with Crippen LogP contribution in [0.5, 0.6) is 0 Å². The number of amides is 2. The lowest BCUT2D eigenvalue weighted by atomic mass is 10.1. The molecule has 0 bridgehead atoms. The molecular weight excluding hydrogens is 312 g/mol. The third-order valence-corrected chi connectivity index (χ3v) is 4.38. The molecule has 1 fully saturated rings. The topological polar surface area (TPSA) is 59.4 Å². The average molecular weight is 334 g/mol. The molecule has 2 aromatic rings. The van der Waals surface area contributed by atoms with Crippen LogP contribution < -0.4 is 10.2 Å². The SMILES string of the molecule is Cc1cc(C)cc(N2CCN(C(=O)Nc3cccc(C#N)c3)CC2)c1. The van der Waals surface area contributed by atoms with Crippen LogP contribution in [0.15, 0.2) is 42.5 Å². The van der Waals surface area contributed by atoms with Gasteiger partial charge in [-0.25, -0.2) is 4.79 Å². The van der Waals surface area contributed by atoms with E-state index >= 15 is 0 Å². The van der Waals surface area contributed by atoms with Crippen LogP contribution in [-0.4, -0.2) is 37.1 Å². The second kappa shape index (κ2) is 7.27. The molecule has 0 spiro atoms. The monoisotopic (exact) mass is 334 g/mol. The molecular formula is C20H22N4O. The number of nitrogens with one attached hydrogen (secondary N) is 1. The molecule has 0 atom stereocenters. The van der Waals surface area contributed by atoms with Crippen molar-refractivity contribution in [1.29, 1.82) is 5.26 Å². The Labute approximate surface area is 148 Å². The van der Waals surface area contributed by atoms with Gasteiger partial charge in [-0.1, -0.05) is 12.1 Å². The minimum atomic E-state index is -0.116. The van der Waals surface area contributed by atoms with Gasteiger partial charge in [0.05, 0.1) is 11.6 Å². The number of carbonyl (C=O) groups excluding carboxylic acids is 1. The second-order valence-corrected chi connectivity index (χ2v) is 6.44. The van der Waals surface area contributed by atoms with E-state index in [0.29, 0.717) is 24.3 Å². The molecule has 0 radical (unpaired) electrons. The van der Waals surface area contributed by atoms with Crippen LogP contribution in [0.3, 0.4) is 0 Å². The average Bonchev–Trinajstić information content (AvgIpc) is 2.61. The zero-order chi connectivity index (χ0) is 17.8. The van der Waals surface area contributed by atoms with Gasteiger partial charge in [-0.05, 0) is 55.3 Å². The van der Waals surface area contributed by atoms with Gasteiger partial charge in [0, 0.05) is 37.6 Å². The maximum atomic E-state index is 12.4. The van der Waals surface area contributed by atoms with Gasteiger partial charge in [0.1, 0.15) is 0 Å². The summed E-state index contributed by atoms with van der Waals surface area (Å²) in [7, 11) is 0. The summed E-state index contributed by atoms with van der Waals surface area (Å²) >= 11 is 0. The molecule has 1 aliphatic heterocycles. The predicted octanol–water partition coefficient (Wildman–Crippen LogP) is 3.53. The third kappa shape index (κ3) is 4.10. The fourth-order valence-electron chi connectivity index (χ4n) is 3.17. The Bertz CT molecular complexity index is 796. The van der Waals surface area contributed by atoms with E-state index in [1.165, 1.54) is 16.8 Å². The number of urea groups is 1. The van der Waals surface area contributed by atoms with Crippen LogP contribution in [0.4, 0.5) is 16.2 Å². The van der Waals surface area contributed by atoms with E-state index in [1.807, 2.05) is 4.90 Å². The van der Waals surface area contributed by atoms with Crippen LogP contribution in [0.1, 0.15) is 16.7 Å². The molecule has 2 amide bonds. The molecule has 2 aromatic carbocycles. The molecule has 0 unspecified atom stereocenters. The number of rotatable bonds is 2. The Kier molecular flexibility index (Phi) is 4.90. The standard InChI is InChI=1S/C20H22N4O/c1-15-10-16(2)12-19(11-15)23-6-8-24(9-7-23)20(25)22-18-5-3-4-17(13-18)14-21/h3-5,10-13H,6-9H2,1-2H3,(H,22,25). The van der Waals surface area contributed by atoms with E-state index in [2.05, 4.69) is 48.3 Å². The molecule has 1 heterocycles. The van der Waals surface area contributed by atoms with Crippen molar-refractivity contribution in [2.45, 2.75) is 13.8 Å². The molecule has 128 valence electrons. The van der Waals surface area contributed by atoms with Crippen LogP contribution in [0.2, 0.25) is 0 Å². The molecule has 5 heteroatoms. The largest absolute Gasteiger partial charge is 0.368 e. The summed E-state index contributed by atoms with van der Waals surface area (Å²) in [6.07, 6.45) is 0. The molecule has 1 saturated heterocycles.